The molecule has 0 atom stereocenters. The van der Waals surface area contributed by atoms with Crippen LogP contribution in [-0.4, -0.2) is 36.8 Å². The third-order valence-electron chi connectivity index (χ3n) is 3.68. The number of fused-ring (bicyclic) bond motifs is 1. The normalized spacial score (nSPS) is 12.0. The van der Waals surface area contributed by atoms with Crippen LogP contribution in [0.3, 0.4) is 0 Å². The average Bonchev–Trinajstić information content (AvgIpc) is 3.10. The topological polar surface area (TPSA) is 66.8 Å². The number of halogens is 1. The van der Waals surface area contributed by atoms with Crippen LogP contribution in [-0.2, 0) is 13.6 Å². The molecule has 2 heterocycles. The quantitative estimate of drug-likeness (QED) is 0.767. The summed E-state index contributed by atoms with van der Waals surface area (Å²) < 4.78 is 23.4. The largest absolute Gasteiger partial charge is 0.492 e. The van der Waals surface area contributed by atoms with Crippen molar-refractivity contribution >= 4 is 12.4 Å². The Balaban J connectivity index is 0.00000208. The summed E-state index contributed by atoms with van der Waals surface area (Å²) in [5.41, 5.74) is 2.03. The fourth-order valence-electron chi connectivity index (χ4n) is 2.56. The van der Waals surface area contributed by atoms with E-state index in [9.17, 15) is 0 Å². The molecule has 132 valence electrons. The van der Waals surface area contributed by atoms with E-state index >= 15 is 0 Å². The number of rotatable bonds is 7. The van der Waals surface area contributed by atoms with Crippen molar-refractivity contribution in [1.82, 2.24) is 15.1 Å². The lowest BCUT2D eigenvalue weighted by molar-refractivity contribution is 0.173. The Labute approximate surface area is 147 Å². The molecular weight excluding hydrogens is 334 g/mol. The van der Waals surface area contributed by atoms with Gasteiger partial charge in [0.2, 0.25) is 12.7 Å². The Morgan fingerprint density at radius 3 is 2.88 bits per heavy atom. The predicted octanol–water partition coefficient (Wildman–Crippen LogP) is 2.06. The van der Waals surface area contributed by atoms with Gasteiger partial charge in [-0.25, -0.2) is 4.68 Å². The zero-order valence-electron chi connectivity index (χ0n) is 14.0. The molecule has 0 saturated carbocycles. The summed E-state index contributed by atoms with van der Waals surface area (Å²) in [6.07, 6.45) is 0. The van der Waals surface area contributed by atoms with Crippen molar-refractivity contribution in [3.05, 3.63) is 29.5 Å². The highest BCUT2D eigenvalue weighted by Gasteiger charge is 2.14. The number of aromatic nitrogens is 2. The van der Waals surface area contributed by atoms with Crippen LogP contribution in [0.1, 0.15) is 11.3 Å². The molecule has 0 bridgehead atoms. The first-order chi connectivity index (χ1) is 11.2. The van der Waals surface area contributed by atoms with E-state index in [1.165, 1.54) is 0 Å². The second-order valence-electron chi connectivity index (χ2n) is 5.24. The summed E-state index contributed by atoms with van der Waals surface area (Å²) in [6.45, 7) is 4.20. The van der Waals surface area contributed by atoms with E-state index in [0.29, 0.717) is 19.7 Å². The number of benzene rings is 1. The lowest BCUT2D eigenvalue weighted by Crippen LogP contribution is -2.21. The molecule has 0 unspecified atom stereocenters. The molecule has 1 aromatic carbocycles. The van der Waals surface area contributed by atoms with Gasteiger partial charge in [0.25, 0.3) is 0 Å². The molecule has 1 N–H and O–H groups in total. The van der Waals surface area contributed by atoms with Gasteiger partial charge in [0.05, 0.1) is 18.4 Å². The van der Waals surface area contributed by atoms with E-state index in [1.807, 2.05) is 32.2 Å². The number of hydrogen-bond acceptors (Lipinski definition) is 6. The second kappa shape index (κ2) is 8.12. The van der Waals surface area contributed by atoms with Crippen LogP contribution in [0, 0.1) is 6.92 Å². The zero-order valence-corrected chi connectivity index (χ0v) is 14.8. The van der Waals surface area contributed by atoms with Crippen LogP contribution in [0.25, 0.3) is 0 Å². The fraction of sp³-hybridized carbons (Fsp3) is 0.438. The zero-order chi connectivity index (χ0) is 16.2. The predicted molar refractivity (Wildman–Crippen MR) is 91.5 cm³/mol. The first kappa shape index (κ1) is 18.2. The highest BCUT2D eigenvalue weighted by molar-refractivity contribution is 5.85. The lowest BCUT2D eigenvalue weighted by Gasteiger charge is -2.09. The summed E-state index contributed by atoms with van der Waals surface area (Å²) in [5, 5.41) is 7.70. The maximum atomic E-state index is 5.71. The first-order valence-electron chi connectivity index (χ1n) is 7.48. The van der Waals surface area contributed by atoms with Crippen LogP contribution in [0.4, 0.5) is 0 Å². The van der Waals surface area contributed by atoms with Gasteiger partial charge in [-0.15, -0.1) is 12.4 Å². The van der Waals surface area contributed by atoms with E-state index in [1.54, 1.807) is 11.8 Å². The van der Waals surface area contributed by atoms with E-state index in [4.69, 9.17) is 18.9 Å². The standard InChI is InChI=1S/C16H21N3O4.ClH/c1-11-13(16(20-3)19(2)18-11)9-17-6-7-21-12-4-5-14-15(8-12)23-10-22-14;/h4-5,8,17H,6-7,9-10H2,1-3H3;1H. The SMILES string of the molecule is COc1c(CNCCOc2ccc3c(c2)OCO3)c(C)nn1C.Cl. The molecule has 7 nitrogen and oxygen atoms in total. The summed E-state index contributed by atoms with van der Waals surface area (Å²) in [5.74, 6) is 3.04. The Kier molecular flexibility index (Phi) is 6.16. The van der Waals surface area contributed by atoms with Gasteiger partial charge < -0.3 is 24.3 Å². The smallest absolute Gasteiger partial charge is 0.231 e. The maximum absolute atomic E-state index is 5.71. The first-order valence-corrected chi connectivity index (χ1v) is 7.48. The number of aryl methyl sites for hydroxylation is 2. The third-order valence-corrected chi connectivity index (χ3v) is 3.68. The van der Waals surface area contributed by atoms with E-state index in [0.717, 1.165) is 34.4 Å². The molecule has 0 fully saturated rings. The Morgan fingerprint density at radius 2 is 2.08 bits per heavy atom. The summed E-state index contributed by atoms with van der Waals surface area (Å²) >= 11 is 0. The Bertz CT molecular complexity index is 690. The van der Waals surface area contributed by atoms with Crippen molar-refractivity contribution in [2.75, 3.05) is 27.1 Å². The lowest BCUT2D eigenvalue weighted by atomic mass is 10.2. The molecular formula is C16H22ClN3O4. The molecule has 1 aliphatic rings. The highest BCUT2D eigenvalue weighted by atomic mass is 35.5. The van der Waals surface area contributed by atoms with Crippen molar-refractivity contribution in [1.29, 1.82) is 0 Å². The van der Waals surface area contributed by atoms with Gasteiger partial charge in [0.15, 0.2) is 11.5 Å². The van der Waals surface area contributed by atoms with Gasteiger partial charge >= 0.3 is 0 Å². The third kappa shape index (κ3) is 3.85. The minimum atomic E-state index is 0. The number of hydrogen-bond donors (Lipinski definition) is 1. The summed E-state index contributed by atoms with van der Waals surface area (Å²) in [7, 11) is 3.53. The minimum Gasteiger partial charge on any atom is -0.492 e. The van der Waals surface area contributed by atoms with Gasteiger partial charge in [-0.1, -0.05) is 0 Å². The van der Waals surface area contributed by atoms with E-state index in [2.05, 4.69) is 10.4 Å². The van der Waals surface area contributed by atoms with Crippen LogP contribution in [0.5, 0.6) is 23.1 Å². The molecule has 2 aromatic rings. The van der Waals surface area contributed by atoms with E-state index in [-0.39, 0.29) is 19.2 Å². The van der Waals surface area contributed by atoms with Crippen molar-refractivity contribution in [2.24, 2.45) is 7.05 Å². The second-order valence-corrected chi connectivity index (χ2v) is 5.24. The van der Waals surface area contributed by atoms with Gasteiger partial charge in [-0.05, 0) is 19.1 Å². The molecule has 3 rings (SSSR count). The monoisotopic (exact) mass is 355 g/mol. The van der Waals surface area contributed by atoms with Crippen LogP contribution in [0.15, 0.2) is 18.2 Å². The number of ether oxygens (including phenoxy) is 4. The molecule has 0 spiro atoms. The molecule has 1 aromatic heterocycles. The van der Waals surface area contributed by atoms with Crippen LogP contribution >= 0.6 is 12.4 Å². The maximum Gasteiger partial charge on any atom is 0.231 e. The minimum absolute atomic E-state index is 0. The Morgan fingerprint density at radius 1 is 1.29 bits per heavy atom. The Hall–Kier alpha value is -2.12. The van der Waals surface area contributed by atoms with Gasteiger partial charge in [0, 0.05) is 26.2 Å². The van der Waals surface area contributed by atoms with Gasteiger partial charge in [-0.2, -0.15) is 5.10 Å². The molecule has 1 aliphatic heterocycles. The van der Waals surface area contributed by atoms with Crippen molar-refractivity contribution in [2.45, 2.75) is 13.5 Å². The fourth-order valence-corrected chi connectivity index (χ4v) is 2.56. The van der Waals surface area contributed by atoms with Gasteiger partial charge in [-0.3, -0.25) is 0 Å². The average molecular weight is 356 g/mol. The molecule has 0 saturated heterocycles. The summed E-state index contributed by atoms with van der Waals surface area (Å²) in [4.78, 5) is 0. The van der Waals surface area contributed by atoms with Crippen LogP contribution < -0.4 is 24.3 Å². The van der Waals surface area contributed by atoms with Crippen molar-refractivity contribution in [3.63, 3.8) is 0 Å². The highest BCUT2D eigenvalue weighted by Crippen LogP contribution is 2.34. The molecule has 0 aliphatic carbocycles. The van der Waals surface area contributed by atoms with E-state index < -0.39 is 0 Å². The number of nitrogens with zero attached hydrogens (tertiary/aromatic N) is 2. The van der Waals surface area contributed by atoms with Crippen molar-refractivity contribution < 1.29 is 18.9 Å². The molecule has 24 heavy (non-hydrogen) atoms. The van der Waals surface area contributed by atoms with Crippen molar-refractivity contribution in [3.8, 4) is 23.1 Å². The van der Waals surface area contributed by atoms with Gasteiger partial charge in [0.1, 0.15) is 12.4 Å². The molecule has 0 radical (unpaired) electrons. The number of nitrogens with one attached hydrogen (secondary N) is 1. The van der Waals surface area contributed by atoms with Crippen LogP contribution in [0.2, 0.25) is 0 Å². The summed E-state index contributed by atoms with van der Waals surface area (Å²) in [6, 6.07) is 5.58. The number of methoxy groups -OCH3 is 1. The molecule has 0 amide bonds. The molecule has 8 heteroatoms.